The van der Waals surface area contributed by atoms with Gasteiger partial charge in [-0.25, -0.2) is 0 Å². The third kappa shape index (κ3) is 2.25. The van der Waals surface area contributed by atoms with Gasteiger partial charge in [-0.2, -0.15) is 0 Å². The van der Waals surface area contributed by atoms with Crippen LogP contribution in [0.4, 0.5) is 0 Å². The number of aliphatic hydroxyl groups excluding tert-OH is 1. The fourth-order valence-corrected chi connectivity index (χ4v) is 2.37. The van der Waals surface area contributed by atoms with Crippen LogP contribution in [0.5, 0.6) is 0 Å². The number of aromatic nitrogens is 3. The van der Waals surface area contributed by atoms with Gasteiger partial charge >= 0.3 is 0 Å². The van der Waals surface area contributed by atoms with E-state index in [0.29, 0.717) is 11.6 Å². The van der Waals surface area contributed by atoms with Gasteiger partial charge in [-0.15, -0.1) is 5.10 Å². The number of rotatable bonds is 5. The van der Waals surface area contributed by atoms with E-state index < -0.39 is 0 Å². The fraction of sp³-hybridized carbons (Fsp3) is 0.818. The predicted octanol–water partition coefficient (Wildman–Crippen LogP) is 0.112. The smallest absolute Gasteiger partial charge is 0.108 e. The van der Waals surface area contributed by atoms with Gasteiger partial charge in [0.15, 0.2) is 0 Å². The molecule has 1 aromatic rings. The minimum absolute atomic E-state index is 0.0154. The zero-order chi connectivity index (χ0) is 11.0. The van der Waals surface area contributed by atoms with Crippen molar-refractivity contribution in [1.29, 1.82) is 0 Å². The average Bonchev–Trinajstić information content (AvgIpc) is 2.93. The van der Waals surface area contributed by atoms with Gasteiger partial charge in [-0.1, -0.05) is 5.21 Å². The Bertz CT molecular complexity index is 355. The molecule has 16 heavy (non-hydrogen) atoms. The highest BCUT2D eigenvalue weighted by Crippen LogP contribution is 2.32. The summed E-state index contributed by atoms with van der Waals surface area (Å²) in [7, 11) is 0. The van der Waals surface area contributed by atoms with Crippen molar-refractivity contribution in [3.8, 4) is 0 Å². The molecule has 1 saturated heterocycles. The monoisotopic (exact) mass is 222 g/mol. The molecule has 0 unspecified atom stereocenters. The molecule has 5 heteroatoms. The summed E-state index contributed by atoms with van der Waals surface area (Å²) < 4.78 is 1.85. The molecule has 0 atom stereocenters. The summed E-state index contributed by atoms with van der Waals surface area (Å²) in [6.07, 6.45) is 4.71. The van der Waals surface area contributed by atoms with Gasteiger partial charge in [-0.3, -0.25) is 4.68 Å². The maximum absolute atomic E-state index is 8.88. The molecule has 2 aliphatic rings. The summed E-state index contributed by atoms with van der Waals surface area (Å²) in [4.78, 5) is 2.53. The van der Waals surface area contributed by atoms with Crippen LogP contribution in [-0.4, -0.2) is 44.6 Å². The summed E-state index contributed by atoms with van der Waals surface area (Å²) in [5, 5.41) is 16.7. The standard InChI is InChI=1S/C11H18N4O/c16-8-11-7-15(13-12-11)6-10-4-14(5-10)3-9-1-2-9/h7,9-10,16H,1-6,8H2. The Kier molecular flexibility index (Phi) is 2.65. The van der Waals surface area contributed by atoms with Crippen LogP contribution < -0.4 is 0 Å². The molecular weight excluding hydrogens is 204 g/mol. The van der Waals surface area contributed by atoms with Gasteiger partial charge in [-0.05, 0) is 18.8 Å². The zero-order valence-electron chi connectivity index (χ0n) is 9.42. The highest BCUT2D eigenvalue weighted by Gasteiger charge is 2.32. The highest BCUT2D eigenvalue weighted by molar-refractivity contribution is 4.91. The van der Waals surface area contributed by atoms with Crippen molar-refractivity contribution in [3.05, 3.63) is 11.9 Å². The molecule has 1 N–H and O–H groups in total. The Balaban J connectivity index is 1.42. The second-order valence-electron chi connectivity index (χ2n) is 5.12. The molecule has 2 fully saturated rings. The summed E-state index contributed by atoms with van der Waals surface area (Å²) in [6.45, 7) is 4.62. The largest absolute Gasteiger partial charge is 0.390 e. The zero-order valence-corrected chi connectivity index (χ0v) is 9.42. The van der Waals surface area contributed by atoms with E-state index in [1.807, 2.05) is 10.9 Å². The lowest BCUT2D eigenvalue weighted by molar-refractivity contribution is 0.0801. The van der Waals surface area contributed by atoms with E-state index in [4.69, 9.17) is 5.11 Å². The number of nitrogens with zero attached hydrogens (tertiary/aromatic N) is 4. The second kappa shape index (κ2) is 4.14. The molecule has 1 aliphatic heterocycles. The molecule has 88 valence electrons. The van der Waals surface area contributed by atoms with E-state index in [1.165, 1.54) is 32.5 Å². The van der Waals surface area contributed by atoms with Crippen LogP contribution in [0.2, 0.25) is 0 Å². The predicted molar refractivity (Wildman–Crippen MR) is 58.6 cm³/mol. The summed E-state index contributed by atoms with van der Waals surface area (Å²) in [6, 6.07) is 0. The minimum Gasteiger partial charge on any atom is -0.390 e. The maximum Gasteiger partial charge on any atom is 0.108 e. The van der Waals surface area contributed by atoms with Crippen molar-refractivity contribution in [2.75, 3.05) is 19.6 Å². The lowest BCUT2D eigenvalue weighted by atomic mass is 10.00. The van der Waals surface area contributed by atoms with E-state index in [9.17, 15) is 0 Å². The van der Waals surface area contributed by atoms with Crippen LogP contribution >= 0.6 is 0 Å². The van der Waals surface area contributed by atoms with Crippen molar-refractivity contribution >= 4 is 0 Å². The van der Waals surface area contributed by atoms with E-state index in [-0.39, 0.29) is 6.61 Å². The summed E-state index contributed by atoms with van der Waals surface area (Å²) >= 11 is 0. The van der Waals surface area contributed by atoms with Crippen molar-refractivity contribution in [2.24, 2.45) is 11.8 Å². The van der Waals surface area contributed by atoms with Crippen LogP contribution in [0.15, 0.2) is 6.20 Å². The van der Waals surface area contributed by atoms with E-state index >= 15 is 0 Å². The SMILES string of the molecule is OCc1cn(CC2CN(CC3CC3)C2)nn1. The molecule has 0 aromatic carbocycles. The number of likely N-dealkylation sites (tertiary alicyclic amines) is 1. The Labute approximate surface area is 95.1 Å². The Hall–Kier alpha value is -0.940. The lowest BCUT2D eigenvalue weighted by Gasteiger charge is -2.39. The molecule has 2 heterocycles. The van der Waals surface area contributed by atoms with Crippen molar-refractivity contribution in [1.82, 2.24) is 19.9 Å². The van der Waals surface area contributed by atoms with Gasteiger partial charge < -0.3 is 10.0 Å². The minimum atomic E-state index is -0.0154. The normalized spacial score (nSPS) is 22.3. The number of hydrogen-bond acceptors (Lipinski definition) is 4. The Morgan fingerprint density at radius 3 is 2.69 bits per heavy atom. The van der Waals surface area contributed by atoms with Crippen molar-refractivity contribution in [2.45, 2.75) is 26.0 Å². The molecule has 0 spiro atoms. The Morgan fingerprint density at radius 1 is 1.25 bits per heavy atom. The molecule has 0 bridgehead atoms. The van der Waals surface area contributed by atoms with Gasteiger partial charge in [0.2, 0.25) is 0 Å². The first kappa shape index (κ1) is 10.2. The fourth-order valence-electron chi connectivity index (χ4n) is 2.37. The molecule has 1 aliphatic carbocycles. The topological polar surface area (TPSA) is 54.2 Å². The molecule has 3 rings (SSSR count). The summed E-state index contributed by atoms with van der Waals surface area (Å²) in [5.74, 6) is 1.71. The highest BCUT2D eigenvalue weighted by atomic mass is 16.3. The average molecular weight is 222 g/mol. The van der Waals surface area contributed by atoms with Crippen LogP contribution in [0.3, 0.4) is 0 Å². The summed E-state index contributed by atoms with van der Waals surface area (Å²) in [5.41, 5.74) is 0.661. The lowest BCUT2D eigenvalue weighted by Crippen LogP contribution is -2.49. The van der Waals surface area contributed by atoms with Gasteiger partial charge in [0.1, 0.15) is 5.69 Å². The van der Waals surface area contributed by atoms with Crippen LogP contribution in [0, 0.1) is 11.8 Å². The van der Waals surface area contributed by atoms with Gasteiger partial charge in [0, 0.05) is 32.1 Å². The van der Waals surface area contributed by atoms with E-state index in [0.717, 1.165) is 12.5 Å². The van der Waals surface area contributed by atoms with Crippen molar-refractivity contribution in [3.63, 3.8) is 0 Å². The maximum atomic E-state index is 8.88. The van der Waals surface area contributed by atoms with Crippen LogP contribution in [0.25, 0.3) is 0 Å². The molecule has 5 nitrogen and oxygen atoms in total. The van der Waals surface area contributed by atoms with Gasteiger partial charge in [0.25, 0.3) is 0 Å². The van der Waals surface area contributed by atoms with Crippen LogP contribution in [0.1, 0.15) is 18.5 Å². The van der Waals surface area contributed by atoms with E-state index in [1.54, 1.807) is 0 Å². The van der Waals surface area contributed by atoms with Gasteiger partial charge in [0.05, 0.1) is 12.8 Å². The molecule has 0 radical (unpaired) electrons. The first-order chi connectivity index (χ1) is 7.83. The van der Waals surface area contributed by atoms with E-state index in [2.05, 4.69) is 15.2 Å². The molecule has 1 aromatic heterocycles. The van der Waals surface area contributed by atoms with Crippen molar-refractivity contribution < 1.29 is 5.11 Å². The third-order valence-electron chi connectivity index (χ3n) is 3.44. The Morgan fingerprint density at radius 2 is 2.06 bits per heavy atom. The quantitative estimate of drug-likeness (QED) is 0.768. The van der Waals surface area contributed by atoms with Crippen LogP contribution in [-0.2, 0) is 13.2 Å². The number of aliphatic hydroxyl groups is 1. The molecule has 0 amide bonds. The first-order valence-electron chi connectivity index (χ1n) is 6.05. The molecule has 1 saturated carbocycles. The first-order valence-corrected chi connectivity index (χ1v) is 6.05. The number of hydrogen-bond donors (Lipinski definition) is 1. The second-order valence-corrected chi connectivity index (χ2v) is 5.12. The third-order valence-corrected chi connectivity index (χ3v) is 3.44. The molecular formula is C11H18N4O.